The fourth-order valence-corrected chi connectivity index (χ4v) is 4.49. The third-order valence-electron chi connectivity index (χ3n) is 6.30. The highest BCUT2D eigenvalue weighted by Crippen LogP contribution is 2.35. The third-order valence-corrected chi connectivity index (χ3v) is 6.30. The molecule has 2 N–H and O–H groups in total. The molecule has 2 aliphatic rings. The lowest BCUT2D eigenvalue weighted by Gasteiger charge is -2.40. The van der Waals surface area contributed by atoms with Crippen LogP contribution in [0.4, 0.5) is 11.6 Å². The second-order valence-electron chi connectivity index (χ2n) is 8.11. The van der Waals surface area contributed by atoms with Crippen molar-refractivity contribution in [2.24, 2.45) is 0 Å². The first-order valence-corrected chi connectivity index (χ1v) is 10.9. The number of hydrogen-bond acceptors (Lipinski definition) is 7. The van der Waals surface area contributed by atoms with E-state index in [1.54, 1.807) is 37.2 Å². The van der Waals surface area contributed by atoms with Crippen molar-refractivity contribution in [2.75, 3.05) is 38.1 Å². The van der Waals surface area contributed by atoms with E-state index >= 15 is 0 Å². The van der Waals surface area contributed by atoms with Crippen LogP contribution in [0.3, 0.4) is 0 Å². The number of amides is 1. The minimum absolute atomic E-state index is 0.150. The molecule has 5 rings (SSSR count). The predicted molar refractivity (Wildman–Crippen MR) is 127 cm³/mol. The Morgan fingerprint density at radius 2 is 1.74 bits per heavy atom. The summed E-state index contributed by atoms with van der Waals surface area (Å²) >= 11 is 0. The van der Waals surface area contributed by atoms with Crippen molar-refractivity contribution in [1.82, 2.24) is 4.90 Å². The lowest BCUT2D eigenvalue weighted by molar-refractivity contribution is -0.132. The number of fused-ring (bicyclic) bond motifs is 2. The summed E-state index contributed by atoms with van der Waals surface area (Å²) in [6.45, 7) is 0.982. The number of methoxy groups -OCH3 is 3. The lowest BCUT2D eigenvalue weighted by Crippen LogP contribution is -2.58. The summed E-state index contributed by atoms with van der Waals surface area (Å²) in [5.41, 5.74) is 3.44. The molecular formula is C25H26N4O5. The van der Waals surface area contributed by atoms with Gasteiger partial charge in [-0.15, -0.1) is 0 Å². The Balaban J connectivity index is 1.47. The Morgan fingerprint density at radius 3 is 2.41 bits per heavy atom. The molecule has 0 fully saturated rings. The van der Waals surface area contributed by atoms with E-state index < -0.39 is 6.17 Å². The van der Waals surface area contributed by atoms with Gasteiger partial charge in [-0.25, -0.2) is 0 Å². The summed E-state index contributed by atoms with van der Waals surface area (Å²) in [6.07, 6.45) is 1.38. The average molecular weight is 463 g/mol. The zero-order valence-corrected chi connectivity index (χ0v) is 19.3. The normalized spacial score (nSPS) is 16.9. The van der Waals surface area contributed by atoms with Gasteiger partial charge in [0.15, 0.2) is 17.7 Å². The number of amidine groups is 1. The van der Waals surface area contributed by atoms with Crippen LogP contribution in [0.5, 0.6) is 17.2 Å². The van der Waals surface area contributed by atoms with Crippen molar-refractivity contribution in [3.63, 3.8) is 0 Å². The van der Waals surface area contributed by atoms with Gasteiger partial charge in [0.25, 0.3) is 5.91 Å². The Kier molecular flexibility index (Phi) is 5.53. The molecule has 2 aliphatic heterocycles. The minimum Gasteiger partial charge on any atom is -0.497 e. The Morgan fingerprint density at radius 1 is 1.03 bits per heavy atom. The van der Waals surface area contributed by atoms with Crippen LogP contribution < -0.4 is 24.4 Å². The van der Waals surface area contributed by atoms with E-state index in [4.69, 9.17) is 24.0 Å². The molecule has 1 aromatic heterocycles. The lowest BCUT2D eigenvalue weighted by atomic mass is 9.98. The number of hydrogen-bond donors (Lipinski definition) is 2. The molecule has 0 saturated carbocycles. The smallest absolute Gasteiger partial charge is 0.266 e. The van der Waals surface area contributed by atoms with Gasteiger partial charge in [0.05, 0.1) is 33.2 Å². The zero-order chi connectivity index (χ0) is 23.8. The highest BCUT2D eigenvalue weighted by molar-refractivity contribution is 6.16. The Hall–Kier alpha value is -4.14. The fourth-order valence-electron chi connectivity index (χ4n) is 4.49. The van der Waals surface area contributed by atoms with Gasteiger partial charge < -0.3 is 28.8 Å². The monoisotopic (exact) mass is 462 g/mol. The van der Waals surface area contributed by atoms with E-state index in [1.807, 2.05) is 36.4 Å². The molecule has 2 aromatic carbocycles. The molecule has 176 valence electrons. The molecule has 34 heavy (non-hydrogen) atoms. The molecule has 9 heteroatoms. The van der Waals surface area contributed by atoms with Gasteiger partial charge in [-0.05, 0) is 60.0 Å². The SMILES string of the molecule is COc1ccc(N2C(=N)c3ccoc3NC2C(=O)N2CCc3cc(OC)c(OC)cc3C2)cc1. The van der Waals surface area contributed by atoms with E-state index in [0.717, 1.165) is 11.1 Å². The van der Waals surface area contributed by atoms with E-state index in [9.17, 15) is 4.79 Å². The van der Waals surface area contributed by atoms with Crippen LogP contribution in [0.1, 0.15) is 16.7 Å². The molecule has 3 aromatic rings. The topological polar surface area (TPSA) is 100 Å². The average Bonchev–Trinajstić information content (AvgIpc) is 3.36. The maximum absolute atomic E-state index is 13.8. The Labute approximate surface area is 197 Å². The molecular weight excluding hydrogens is 436 g/mol. The van der Waals surface area contributed by atoms with Gasteiger partial charge in [0.2, 0.25) is 5.88 Å². The molecule has 3 heterocycles. The first kappa shape index (κ1) is 21.7. The zero-order valence-electron chi connectivity index (χ0n) is 19.3. The van der Waals surface area contributed by atoms with Crippen LogP contribution in [-0.2, 0) is 17.8 Å². The first-order valence-electron chi connectivity index (χ1n) is 10.9. The highest BCUT2D eigenvalue weighted by atomic mass is 16.5. The second-order valence-corrected chi connectivity index (χ2v) is 8.11. The number of nitrogens with zero attached hydrogens (tertiary/aromatic N) is 2. The van der Waals surface area contributed by atoms with E-state index in [1.165, 1.54) is 6.26 Å². The molecule has 0 bridgehead atoms. The van der Waals surface area contributed by atoms with Crippen molar-refractivity contribution in [3.05, 3.63) is 65.4 Å². The number of benzene rings is 2. The molecule has 0 saturated heterocycles. The summed E-state index contributed by atoms with van der Waals surface area (Å²) in [4.78, 5) is 17.3. The molecule has 9 nitrogen and oxygen atoms in total. The van der Waals surface area contributed by atoms with Crippen molar-refractivity contribution < 1.29 is 23.4 Å². The minimum atomic E-state index is -0.832. The molecule has 0 radical (unpaired) electrons. The van der Waals surface area contributed by atoms with Crippen molar-refractivity contribution in [1.29, 1.82) is 5.41 Å². The number of carbonyl (C=O) groups is 1. The van der Waals surface area contributed by atoms with Crippen molar-refractivity contribution >= 4 is 23.3 Å². The number of carbonyl (C=O) groups excluding carboxylic acids is 1. The maximum atomic E-state index is 13.8. The molecule has 1 unspecified atom stereocenters. The van der Waals surface area contributed by atoms with Crippen molar-refractivity contribution in [2.45, 2.75) is 19.1 Å². The van der Waals surface area contributed by atoms with E-state index in [-0.39, 0.29) is 11.7 Å². The highest BCUT2D eigenvalue weighted by Gasteiger charge is 2.39. The predicted octanol–water partition coefficient (Wildman–Crippen LogP) is 3.47. The first-order chi connectivity index (χ1) is 16.5. The van der Waals surface area contributed by atoms with Gasteiger partial charge in [-0.2, -0.15) is 0 Å². The molecule has 1 atom stereocenters. The number of nitrogens with one attached hydrogen (secondary N) is 2. The summed E-state index contributed by atoms with van der Waals surface area (Å²) in [6, 6.07) is 12.9. The second kappa shape index (κ2) is 8.66. The molecule has 0 spiro atoms. The number of furan rings is 1. The van der Waals surface area contributed by atoms with Crippen LogP contribution in [0.2, 0.25) is 0 Å². The number of anilines is 2. The van der Waals surface area contributed by atoms with Crippen LogP contribution in [-0.4, -0.2) is 50.7 Å². The molecule has 0 aliphatic carbocycles. The van der Waals surface area contributed by atoms with Gasteiger partial charge >= 0.3 is 0 Å². The van der Waals surface area contributed by atoms with Gasteiger partial charge in [0, 0.05) is 18.8 Å². The standard InChI is InChI=1S/C25H26N4O5/c1-31-18-6-4-17(5-7-18)29-22(26)19-9-11-34-24(19)27-23(29)25(30)28-10-8-15-12-20(32-2)21(33-3)13-16(15)14-28/h4-7,9,11-13,23,26-27H,8,10,14H2,1-3H3. The fraction of sp³-hybridized carbons (Fsp3) is 0.280. The van der Waals surface area contributed by atoms with Crippen molar-refractivity contribution in [3.8, 4) is 17.2 Å². The Bertz CT molecular complexity index is 1240. The summed E-state index contributed by atoms with van der Waals surface area (Å²) in [5.74, 6) is 2.46. The number of rotatable bonds is 5. The quantitative estimate of drug-likeness (QED) is 0.599. The van der Waals surface area contributed by atoms with Gasteiger partial charge in [0.1, 0.15) is 11.6 Å². The summed E-state index contributed by atoms with van der Waals surface area (Å²) < 4.78 is 21.7. The van der Waals surface area contributed by atoms with Gasteiger partial charge in [-0.1, -0.05) is 0 Å². The summed E-state index contributed by atoms with van der Waals surface area (Å²) in [5, 5.41) is 12.0. The van der Waals surface area contributed by atoms with E-state index in [0.29, 0.717) is 53.9 Å². The summed E-state index contributed by atoms with van der Waals surface area (Å²) in [7, 11) is 4.81. The number of ether oxygens (including phenoxy) is 3. The van der Waals surface area contributed by atoms with Crippen LogP contribution in [0.25, 0.3) is 0 Å². The van der Waals surface area contributed by atoms with Gasteiger partial charge in [-0.3, -0.25) is 15.1 Å². The third kappa shape index (κ3) is 3.59. The van der Waals surface area contributed by atoms with Crippen LogP contribution in [0, 0.1) is 5.41 Å². The largest absolute Gasteiger partial charge is 0.497 e. The molecule has 1 amide bonds. The van der Waals surface area contributed by atoms with Crippen LogP contribution >= 0.6 is 0 Å². The van der Waals surface area contributed by atoms with Crippen LogP contribution in [0.15, 0.2) is 53.1 Å². The maximum Gasteiger partial charge on any atom is 0.266 e. The van der Waals surface area contributed by atoms with E-state index in [2.05, 4.69) is 5.32 Å².